The number of ketones is 1. The first-order valence-electron chi connectivity index (χ1n) is 9.48. The first-order chi connectivity index (χ1) is 14.7. The van der Waals surface area contributed by atoms with Crippen LogP contribution < -0.4 is 5.32 Å². The number of thiophene rings is 1. The van der Waals surface area contributed by atoms with Gasteiger partial charge in [0, 0.05) is 18.1 Å². The molecule has 2 N–H and O–H groups in total. The minimum absolute atomic E-state index is 0.0623. The van der Waals surface area contributed by atoms with Crippen molar-refractivity contribution in [2.45, 2.75) is 24.9 Å². The zero-order valence-corrected chi connectivity index (χ0v) is 17.1. The number of aromatic nitrogens is 1. The Morgan fingerprint density at radius 3 is 2.71 bits per heavy atom. The number of fused-ring (bicyclic) bond motifs is 1. The van der Waals surface area contributed by atoms with Crippen molar-refractivity contribution in [3.8, 4) is 0 Å². The molecule has 0 radical (unpaired) electrons. The van der Waals surface area contributed by atoms with Crippen LogP contribution in [-0.2, 0) is 0 Å². The van der Waals surface area contributed by atoms with E-state index < -0.39 is 42.2 Å². The smallest absolute Gasteiger partial charge is 0.363 e. The lowest BCUT2D eigenvalue weighted by Gasteiger charge is -2.50. The number of halogens is 3. The normalized spacial score (nSPS) is 24.3. The lowest BCUT2D eigenvalue weighted by atomic mass is 9.77. The van der Waals surface area contributed by atoms with Gasteiger partial charge in [-0.15, -0.1) is 11.3 Å². The molecule has 1 aromatic carbocycles. The summed E-state index contributed by atoms with van der Waals surface area (Å²) in [5.74, 6) is -2.91. The van der Waals surface area contributed by atoms with Crippen LogP contribution in [0.5, 0.6) is 0 Å². The van der Waals surface area contributed by atoms with E-state index >= 15 is 0 Å². The van der Waals surface area contributed by atoms with Crippen LogP contribution in [0.3, 0.4) is 0 Å². The molecule has 31 heavy (non-hydrogen) atoms. The van der Waals surface area contributed by atoms with Gasteiger partial charge >= 0.3 is 12.2 Å². The summed E-state index contributed by atoms with van der Waals surface area (Å²) in [6.07, 6.45) is -3.69. The minimum Gasteiger partial charge on any atom is -0.363 e. The lowest BCUT2D eigenvalue weighted by molar-refractivity contribution is -0.326. The summed E-state index contributed by atoms with van der Waals surface area (Å²) in [5, 5.41) is 15.7. The minimum atomic E-state index is -5.27. The van der Waals surface area contributed by atoms with Crippen LogP contribution in [0.2, 0.25) is 0 Å². The highest BCUT2D eigenvalue weighted by Gasteiger charge is 2.69. The number of carbonyl (C=O) groups excluding carboxylic acids is 2. The molecule has 6 nitrogen and oxygen atoms in total. The molecule has 1 fully saturated rings. The van der Waals surface area contributed by atoms with E-state index in [2.05, 4.69) is 10.3 Å². The van der Waals surface area contributed by atoms with Gasteiger partial charge in [0.2, 0.25) is 0 Å². The van der Waals surface area contributed by atoms with Crippen LogP contribution >= 0.6 is 11.3 Å². The van der Waals surface area contributed by atoms with Crippen molar-refractivity contribution in [3.05, 3.63) is 64.5 Å². The Morgan fingerprint density at radius 2 is 2.06 bits per heavy atom. The number of amides is 2. The Hall–Kier alpha value is -2.98. The van der Waals surface area contributed by atoms with E-state index in [1.807, 2.05) is 0 Å². The molecule has 3 unspecified atom stereocenters. The number of alkyl halides is 3. The summed E-state index contributed by atoms with van der Waals surface area (Å²) in [6.45, 7) is 0.870. The Morgan fingerprint density at radius 1 is 1.29 bits per heavy atom. The second-order valence-electron chi connectivity index (χ2n) is 7.17. The third-order valence-electron chi connectivity index (χ3n) is 5.47. The number of hydrogen-bond donors (Lipinski definition) is 2. The van der Waals surface area contributed by atoms with Crippen molar-refractivity contribution in [1.82, 2.24) is 15.2 Å². The maximum atomic E-state index is 14.3. The molecule has 1 saturated heterocycles. The largest absolute Gasteiger partial charge is 0.437 e. The molecule has 0 saturated carbocycles. The highest BCUT2D eigenvalue weighted by molar-refractivity contribution is 7.12. The zero-order chi connectivity index (χ0) is 22.4. The molecule has 1 aliphatic heterocycles. The third-order valence-corrected chi connectivity index (χ3v) is 6.35. The van der Waals surface area contributed by atoms with Crippen molar-refractivity contribution in [1.29, 1.82) is 0 Å². The predicted molar refractivity (Wildman–Crippen MR) is 109 cm³/mol. The molecular formula is C21H18F3N3O3S. The number of rotatable bonds is 4. The second kappa shape index (κ2) is 7.61. The molecule has 3 atom stereocenters. The zero-order valence-electron chi connectivity index (χ0n) is 16.3. The molecular weight excluding hydrogens is 431 g/mol. The fraction of sp³-hybridized carbons (Fsp3) is 0.286. The van der Waals surface area contributed by atoms with Gasteiger partial charge < -0.3 is 10.4 Å². The van der Waals surface area contributed by atoms with Crippen LogP contribution in [0.25, 0.3) is 10.9 Å². The number of pyridine rings is 1. The number of carbonyl (C=O) groups is 2. The summed E-state index contributed by atoms with van der Waals surface area (Å²) in [5.41, 5.74) is -2.81. The first kappa shape index (κ1) is 21.3. The lowest BCUT2D eigenvalue weighted by Crippen LogP contribution is -2.73. The molecule has 10 heteroatoms. The molecule has 3 heterocycles. The van der Waals surface area contributed by atoms with Crippen molar-refractivity contribution in [2.24, 2.45) is 5.92 Å². The standard InChI is InChI=1S/C21H18F3N3O3S/c1-2-27-19(29)26-17(13-7-8-14-12(11-13)5-3-9-25-14)16(20(27,30)21(22,23)24)18(28)15-6-4-10-31-15/h3-11,16-17,30H,2H2,1H3,(H,26,29). The van der Waals surface area contributed by atoms with Gasteiger partial charge in [-0.05, 0) is 42.1 Å². The van der Waals surface area contributed by atoms with Gasteiger partial charge in [0.25, 0.3) is 5.72 Å². The average Bonchev–Trinajstić information content (AvgIpc) is 3.27. The molecule has 2 amide bonds. The van der Waals surface area contributed by atoms with Gasteiger partial charge in [-0.1, -0.05) is 18.2 Å². The topological polar surface area (TPSA) is 82.5 Å². The number of nitrogens with zero attached hydrogens (tertiary/aromatic N) is 2. The number of nitrogens with one attached hydrogen (secondary N) is 1. The van der Waals surface area contributed by atoms with E-state index in [0.717, 1.165) is 11.3 Å². The summed E-state index contributed by atoms with van der Waals surface area (Å²) >= 11 is 0.976. The average molecular weight is 449 g/mol. The number of hydrogen-bond acceptors (Lipinski definition) is 5. The molecule has 162 valence electrons. The van der Waals surface area contributed by atoms with Crippen LogP contribution in [0.4, 0.5) is 18.0 Å². The SMILES string of the molecule is CCN1C(=O)NC(c2ccc3ncccc3c2)C(C(=O)c2cccs2)C1(O)C(F)(F)F. The Kier molecular flexibility index (Phi) is 5.22. The van der Waals surface area contributed by atoms with Gasteiger partial charge in [-0.3, -0.25) is 14.7 Å². The highest BCUT2D eigenvalue weighted by atomic mass is 32.1. The molecule has 0 bridgehead atoms. The fourth-order valence-corrected chi connectivity index (χ4v) is 4.74. The monoisotopic (exact) mass is 449 g/mol. The number of aliphatic hydroxyl groups is 1. The van der Waals surface area contributed by atoms with E-state index in [0.29, 0.717) is 10.9 Å². The Labute approximate surface area is 179 Å². The van der Waals surface area contributed by atoms with E-state index in [1.54, 1.807) is 41.9 Å². The molecule has 3 aromatic rings. The van der Waals surface area contributed by atoms with E-state index in [9.17, 15) is 27.9 Å². The summed E-state index contributed by atoms with van der Waals surface area (Å²) in [6, 6.07) is 8.51. The molecule has 0 spiro atoms. The van der Waals surface area contributed by atoms with Gasteiger partial charge in [0.1, 0.15) is 5.92 Å². The quantitative estimate of drug-likeness (QED) is 0.587. The van der Waals surface area contributed by atoms with E-state index in [4.69, 9.17) is 0 Å². The van der Waals surface area contributed by atoms with E-state index in [-0.39, 0.29) is 15.3 Å². The highest BCUT2D eigenvalue weighted by Crippen LogP contribution is 2.48. The van der Waals surface area contributed by atoms with Crippen LogP contribution in [-0.4, -0.2) is 45.3 Å². The number of urea groups is 1. The van der Waals surface area contributed by atoms with Crippen LogP contribution in [0, 0.1) is 5.92 Å². The van der Waals surface area contributed by atoms with Gasteiger partial charge in [-0.25, -0.2) is 4.79 Å². The fourth-order valence-electron chi connectivity index (χ4n) is 4.03. The number of Topliss-reactive ketones (excluding diaryl/α,β-unsaturated/α-hetero) is 1. The summed E-state index contributed by atoms with van der Waals surface area (Å²) in [7, 11) is 0. The van der Waals surface area contributed by atoms with Crippen LogP contribution in [0.15, 0.2) is 54.0 Å². The Bertz CT molecular complexity index is 1140. The first-order valence-corrected chi connectivity index (χ1v) is 10.4. The van der Waals surface area contributed by atoms with Crippen molar-refractivity contribution in [2.75, 3.05) is 6.54 Å². The van der Waals surface area contributed by atoms with Crippen molar-refractivity contribution >= 4 is 34.1 Å². The van der Waals surface area contributed by atoms with Crippen LogP contribution in [0.1, 0.15) is 28.2 Å². The molecule has 1 aliphatic rings. The Balaban J connectivity index is 1.93. The maximum Gasteiger partial charge on any atom is 0.437 e. The molecule has 0 aliphatic carbocycles. The summed E-state index contributed by atoms with van der Waals surface area (Å²) < 4.78 is 42.9. The van der Waals surface area contributed by atoms with Gasteiger partial charge in [-0.2, -0.15) is 13.2 Å². The molecule has 2 aromatic heterocycles. The molecule has 4 rings (SSSR count). The second-order valence-corrected chi connectivity index (χ2v) is 8.12. The van der Waals surface area contributed by atoms with Crippen molar-refractivity contribution in [3.63, 3.8) is 0 Å². The van der Waals surface area contributed by atoms with Crippen molar-refractivity contribution < 1.29 is 27.9 Å². The van der Waals surface area contributed by atoms with Gasteiger partial charge in [0.05, 0.1) is 16.4 Å². The maximum absolute atomic E-state index is 14.3. The van der Waals surface area contributed by atoms with Gasteiger partial charge in [0.15, 0.2) is 5.78 Å². The predicted octanol–water partition coefficient (Wildman–Crippen LogP) is 4.13. The number of benzene rings is 1. The summed E-state index contributed by atoms with van der Waals surface area (Å²) in [4.78, 5) is 30.4. The third kappa shape index (κ3) is 3.35. The van der Waals surface area contributed by atoms with E-state index in [1.165, 1.54) is 19.1 Å².